The number of Topliss-reactive ketones (excluding diaryl/α,β-unsaturated/α-hetero) is 1. The lowest BCUT2D eigenvalue weighted by molar-refractivity contribution is -0.121. The van der Waals surface area contributed by atoms with Crippen molar-refractivity contribution in [2.24, 2.45) is 11.8 Å². The number of aliphatic hydroxyl groups excluding tert-OH is 1. The Kier molecular flexibility index (Phi) is 7.99. The molecular weight excluding hydrogens is 364 g/mol. The fourth-order valence-corrected chi connectivity index (χ4v) is 4.24. The summed E-state index contributed by atoms with van der Waals surface area (Å²) in [6, 6.07) is 10.3. The second kappa shape index (κ2) is 9.81. The summed E-state index contributed by atoms with van der Waals surface area (Å²) >= 11 is 0. The Bertz CT molecular complexity index is 686. The maximum Gasteiger partial charge on any atom is 0.192 e. The minimum Gasteiger partial charge on any atom is -0.413 e. The van der Waals surface area contributed by atoms with Gasteiger partial charge in [-0.3, -0.25) is 4.79 Å². The molecule has 154 valence electrons. The normalized spacial score (nSPS) is 23.9. The predicted octanol–water partition coefficient (Wildman–Crippen LogP) is 5.32. The molecule has 1 fully saturated rings. The highest BCUT2D eigenvalue weighted by atomic mass is 28.4. The molecule has 0 heterocycles. The number of ketones is 1. The van der Waals surface area contributed by atoms with E-state index in [0.717, 1.165) is 6.42 Å². The van der Waals surface area contributed by atoms with Gasteiger partial charge < -0.3 is 9.53 Å². The first-order valence-electron chi connectivity index (χ1n) is 10.3. The van der Waals surface area contributed by atoms with Gasteiger partial charge in [0.15, 0.2) is 8.32 Å². The van der Waals surface area contributed by atoms with Crippen molar-refractivity contribution in [3.8, 4) is 0 Å². The van der Waals surface area contributed by atoms with Gasteiger partial charge in [0.1, 0.15) is 5.78 Å². The number of rotatable bonds is 8. The van der Waals surface area contributed by atoms with E-state index in [1.165, 1.54) is 5.56 Å². The van der Waals surface area contributed by atoms with Crippen LogP contribution in [0.2, 0.25) is 18.1 Å². The van der Waals surface area contributed by atoms with Gasteiger partial charge in [-0.25, -0.2) is 0 Å². The summed E-state index contributed by atoms with van der Waals surface area (Å²) in [5.41, 5.74) is 1.26. The minimum atomic E-state index is -1.78. The zero-order valence-electron chi connectivity index (χ0n) is 18.0. The smallest absolute Gasteiger partial charge is 0.192 e. The van der Waals surface area contributed by atoms with Crippen molar-refractivity contribution in [3.63, 3.8) is 0 Å². The number of hydrogen-bond donors (Lipinski definition) is 1. The Balaban J connectivity index is 1.89. The molecule has 4 heteroatoms. The van der Waals surface area contributed by atoms with E-state index in [2.05, 4.69) is 58.2 Å². The zero-order valence-corrected chi connectivity index (χ0v) is 19.0. The lowest BCUT2D eigenvalue weighted by atomic mass is 9.90. The molecule has 1 aromatic rings. The third-order valence-corrected chi connectivity index (χ3v) is 10.7. The average Bonchev–Trinajstić information content (AvgIpc) is 2.88. The molecule has 1 aromatic carbocycles. The quantitative estimate of drug-likeness (QED) is 0.474. The van der Waals surface area contributed by atoms with Crippen molar-refractivity contribution in [3.05, 3.63) is 60.2 Å². The van der Waals surface area contributed by atoms with E-state index in [4.69, 9.17) is 4.43 Å². The zero-order chi connectivity index (χ0) is 20.8. The van der Waals surface area contributed by atoms with Crippen LogP contribution in [0, 0.1) is 11.8 Å². The molecule has 0 spiro atoms. The van der Waals surface area contributed by atoms with Crippen molar-refractivity contribution in [2.75, 3.05) is 6.61 Å². The highest BCUT2D eigenvalue weighted by molar-refractivity contribution is 6.74. The molecule has 1 saturated carbocycles. The molecule has 0 amide bonds. The molecular formula is C24H36O3Si. The summed E-state index contributed by atoms with van der Waals surface area (Å²) in [7, 11) is -1.78. The fraction of sp³-hybridized carbons (Fsp3) is 0.542. The molecule has 2 rings (SSSR count). The Morgan fingerprint density at radius 1 is 1.14 bits per heavy atom. The first-order chi connectivity index (χ1) is 13.1. The molecule has 0 radical (unpaired) electrons. The van der Waals surface area contributed by atoms with Crippen LogP contribution < -0.4 is 0 Å². The van der Waals surface area contributed by atoms with E-state index in [-0.39, 0.29) is 29.1 Å². The highest BCUT2D eigenvalue weighted by Crippen LogP contribution is 2.37. The highest BCUT2D eigenvalue weighted by Gasteiger charge is 2.39. The van der Waals surface area contributed by atoms with Crippen LogP contribution >= 0.6 is 0 Å². The molecule has 3 nitrogen and oxygen atoms in total. The molecule has 28 heavy (non-hydrogen) atoms. The largest absolute Gasteiger partial charge is 0.413 e. The van der Waals surface area contributed by atoms with E-state index in [0.29, 0.717) is 13.0 Å². The van der Waals surface area contributed by atoms with Gasteiger partial charge in [0.2, 0.25) is 0 Å². The van der Waals surface area contributed by atoms with Crippen LogP contribution in [0.3, 0.4) is 0 Å². The molecule has 0 saturated heterocycles. The van der Waals surface area contributed by atoms with Gasteiger partial charge in [0, 0.05) is 18.3 Å². The molecule has 3 atom stereocenters. The maximum atomic E-state index is 12.3. The number of carbonyl (C=O) groups excluding carboxylic acids is 1. The molecule has 0 aromatic heterocycles. The molecule has 1 aliphatic rings. The third-order valence-electron chi connectivity index (χ3n) is 6.19. The lowest BCUT2D eigenvalue weighted by Crippen LogP contribution is -2.40. The van der Waals surface area contributed by atoms with Gasteiger partial charge in [0.25, 0.3) is 0 Å². The van der Waals surface area contributed by atoms with Crippen molar-refractivity contribution in [1.82, 2.24) is 0 Å². The summed E-state index contributed by atoms with van der Waals surface area (Å²) in [4.78, 5) is 12.3. The van der Waals surface area contributed by atoms with Crippen LogP contribution in [0.5, 0.6) is 0 Å². The number of carbonyl (C=O) groups is 1. The van der Waals surface area contributed by atoms with Crippen LogP contribution in [0.4, 0.5) is 0 Å². The maximum absolute atomic E-state index is 12.3. The van der Waals surface area contributed by atoms with Gasteiger partial charge in [-0.15, -0.1) is 0 Å². The number of aliphatic hydroxyl groups is 1. The molecule has 0 aliphatic heterocycles. The van der Waals surface area contributed by atoms with Crippen molar-refractivity contribution >= 4 is 14.1 Å². The molecule has 1 aliphatic carbocycles. The van der Waals surface area contributed by atoms with Gasteiger partial charge in [-0.2, -0.15) is 0 Å². The SMILES string of the molecule is CC(C)(C)[Si](C)(C)OC/C=C/[C@H]1[C@H](O)CC(=O)[C@@H]1C/C=C\Cc1ccccc1. The van der Waals surface area contributed by atoms with Gasteiger partial charge in [0.05, 0.1) is 12.7 Å². The fourth-order valence-electron chi connectivity index (χ4n) is 3.29. The van der Waals surface area contributed by atoms with Crippen LogP contribution in [0.1, 0.15) is 39.2 Å². The Labute approximate surface area is 171 Å². The number of allylic oxidation sites excluding steroid dienone is 2. The summed E-state index contributed by atoms with van der Waals surface area (Å²) < 4.78 is 6.17. The van der Waals surface area contributed by atoms with Crippen LogP contribution in [-0.4, -0.2) is 31.9 Å². The van der Waals surface area contributed by atoms with Crippen LogP contribution in [-0.2, 0) is 15.6 Å². The topological polar surface area (TPSA) is 46.5 Å². The number of benzene rings is 1. The predicted molar refractivity (Wildman–Crippen MR) is 119 cm³/mol. The first kappa shape index (κ1) is 22.8. The number of hydrogen-bond acceptors (Lipinski definition) is 3. The van der Waals surface area contributed by atoms with E-state index in [1.807, 2.05) is 30.4 Å². The van der Waals surface area contributed by atoms with Crippen LogP contribution in [0.25, 0.3) is 0 Å². The van der Waals surface area contributed by atoms with Gasteiger partial charge in [-0.05, 0) is 36.5 Å². The summed E-state index contributed by atoms with van der Waals surface area (Å²) in [6.45, 7) is 11.7. The van der Waals surface area contributed by atoms with E-state index in [1.54, 1.807) is 0 Å². The van der Waals surface area contributed by atoms with Crippen molar-refractivity contribution in [2.45, 2.75) is 64.3 Å². The minimum absolute atomic E-state index is 0.114. The Morgan fingerprint density at radius 2 is 1.82 bits per heavy atom. The van der Waals surface area contributed by atoms with E-state index >= 15 is 0 Å². The average molecular weight is 401 g/mol. The second-order valence-electron chi connectivity index (χ2n) is 9.32. The van der Waals surface area contributed by atoms with E-state index < -0.39 is 14.4 Å². The summed E-state index contributed by atoms with van der Waals surface area (Å²) in [5.74, 6) is -0.0835. The standard InChI is InChI=1S/C24H36O3Si/c1-24(2,3)28(4,5)27-17-11-16-21-20(22(25)18-23(21)26)15-10-9-14-19-12-7-6-8-13-19/h6-13,16,20-21,23,26H,14-15,17-18H2,1-5H3/b10-9-,16-11+/t20-,21-,23-/m1/s1. The van der Waals surface area contributed by atoms with Gasteiger partial charge >= 0.3 is 0 Å². The summed E-state index contributed by atoms with van der Waals surface area (Å²) in [6.07, 6.45) is 9.42. The Morgan fingerprint density at radius 3 is 2.46 bits per heavy atom. The first-order valence-corrected chi connectivity index (χ1v) is 13.2. The van der Waals surface area contributed by atoms with Gasteiger partial charge in [-0.1, -0.05) is 75.4 Å². The summed E-state index contributed by atoms with van der Waals surface area (Å²) in [5, 5.41) is 10.5. The van der Waals surface area contributed by atoms with Crippen LogP contribution in [0.15, 0.2) is 54.6 Å². The molecule has 1 N–H and O–H groups in total. The molecule has 0 bridgehead atoms. The Hall–Kier alpha value is -1.49. The van der Waals surface area contributed by atoms with Crippen molar-refractivity contribution in [1.29, 1.82) is 0 Å². The monoisotopic (exact) mass is 400 g/mol. The van der Waals surface area contributed by atoms with E-state index in [9.17, 15) is 9.90 Å². The lowest BCUT2D eigenvalue weighted by Gasteiger charge is -2.35. The molecule has 0 unspecified atom stereocenters. The van der Waals surface area contributed by atoms with Crippen molar-refractivity contribution < 1.29 is 14.3 Å². The second-order valence-corrected chi connectivity index (χ2v) is 14.1. The third kappa shape index (κ3) is 6.26.